The first-order valence-electron chi connectivity index (χ1n) is 7.53. The third kappa shape index (κ3) is 3.86. The Kier molecular flexibility index (Phi) is 5.68. The van der Waals surface area contributed by atoms with Gasteiger partial charge in [0.1, 0.15) is 6.33 Å². The van der Waals surface area contributed by atoms with Crippen LogP contribution in [-0.4, -0.2) is 44.7 Å². The summed E-state index contributed by atoms with van der Waals surface area (Å²) in [4.78, 5) is 12.4. The summed E-state index contributed by atoms with van der Waals surface area (Å²) in [6, 6.07) is 7.68. The van der Waals surface area contributed by atoms with Crippen molar-refractivity contribution < 1.29 is 4.79 Å². The predicted octanol–water partition coefficient (Wildman–Crippen LogP) is 1.20. The molecule has 1 saturated heterocycles. The molecule has 2 N–H and O–H groups in total. The van der Waals surface area contributed by atoms with Crippen LogP contribution in [0.1, 0.15) is 30.6 Å². The van der Waals surface area contributed by atoms with Crippen LogP contribution in [-0.2, 0) is 0 Å². The van der Waals surface area contributed by atoms with Gasteiger partial charge >= 0.3 is 0 Å². The summed E-state index contributed by atoms with van der Waals surface area (Å²) in [6.45, 7) is 5.31. The molecule has 1 aliphatic rings. The summed E-state index contributed by atoms with van der Waals surface area (Å²) in [6.07, 6.45) is 2.60. The molecule has 124 valence electrons. The Hall–Kier alpha value is -1.99. The number of tetrazole rings is 1. The lowest BCUT2D eigenvalue weighted by atomic mass is 9.89. The number of rotatable bonds is 3. The Bertz CT molecular complexity index is 620. The second kappa shape index (κ2) is 7.52. The van der Waals surface area contributed by atoms with Gasteiger partial charge in [0, 0.05) is 17.6 Å². The molecule has 1 amide bonds. The summed E-state index contributed by atoms with van der Waals surface area (Å²) >= 11 is 0. The number of benzene rings is 1. The first-order chi connectivity index (χ1) is 10.6. The number of hydrogen-bond acceptors (Lipinski definition) is 5. The number of carbonyl (C=O) groups excluding carboxylic acids is 1. The van der Waals surface area contributed by atoms with E-state index in [-0.39, 0.29) is 30.4 Å². The molecule has 1 aromatic carbocycles. The van der Waals surface area contributed by atoms with Gasteiger partial charge in [0.25, 0.3) is 5.91 Å². The lowest BCUT2D eigenvalue weighted by molar-refractivity contribution is 0.0897. The Labute approximate surface area is 141 Å². The normalized spacial score (nSPS) is 23.8. The second-order valence-corrected chi connectivity index (χ2v) is 5.81. The molecule has 3 atom stereocenters. The molecule has 8 heteroatoms. The van der Waals surface area contributed by atoms with Crippen LogP contribution in [0, 0.1) is 5.92 Å². The van der Waals surface area contributed by atoms with Crippen LogP contribution < -0.4 is 10.6 Å². The van der Waals surface area contributed by atoms with Crippen molar-refractivity contribution in [3.05, 3.63) is 36.2 Å². The molecule has 2 aromatic rings. The lowest BCUT2D eigenvalue weighted by Crippen LogP contribution is -2.55. The SMILES string of the molecule is CC1CCNC(C)C1NC(=O)c1ccc(-n2cnnn2)cc1.Cl. The fourth-order valence-corrected chi connectivity index (χ4v) is 2.89. The monoisotopic (exact) mass is 336 g/mol. The molecule has 0 aliphatic carbocycles. The zero-order valence-corrected chi connectivity index (χ0v) is 14.0. The topological polar surface area (TPSA) is 84.7 Å². The molecule has 2 heterocycles. The summed E-state index contributed by atoms with van der Waals surface area (Å²) < 4.78 is 1.55. The van der Waals surface area contributed by atoms with E-state index in [1.54, 1.807) is 16.8 Å². The van der Waals surface area contributed by atoms with Crippen molar-refractivity contribution in [2.45, 2.75) is 32.4 Å². The summed E-state index contributed by atoms with van der Waals surface area (Å²) in [5.41, 5.74) is 1.46. The summed E-state index contributed by atoms with van der Waals surface area (Å²) in [5.74, 6) is 0.427. The maximum atomic E-state index is 12.4. The Morgan fingerprint density at radius 1 is 1.30 bits per heavy atom. The Morgan fingerprint density at radius 3 is 2.65 bits per heavy atom. The molecule has 3 rings (SSSR count). The zero-order valence-electron chi connectivity index (χ0n) is 13.1. The van der Waals surface area contributed by atoms with Crippen molar-refractivity contribution in [1.29, 1.82) is 0 Å². The molecule has 0 bridgehead atoms. The van der Waals surface area contributed by atoms with Crippen LogP contribution in [0.15, 0.2) is 30.6 Å². The number of carbonyl (C=O) groups is 1. The smallest absolute Gasteiger partial charge is 0.251 e. The largest absolute Gasteiger partial charge is 0.347 e. The zero-order chi connectivity index (χ0) is 15.5. The molecular weight excluding hydrogens is 316 g/mol. The fourth-order valence-electron chi connectivity index (χ4n) is 2.89. The number of nitrogens with one attached hydrogen (secondary N) is 2. The van der Waals surface area contributed by atoms with Crippen molar-refractivity contribution in [3.8, 4) is 5.69 Å². The van der Waals surface area contributed by atoms with Crippen molar-refractivity contribution in [3.63, 3.8) is 0 Å². The van der Waals surface area contributed by atoms with Gasteiger partial charge in [-0.2, -0.15) is 0 Å². The predicted molar refractivity (Wildman–Crippen MR) is 88.9 cm³/mol. The quantitative estimate of drug-likeness (QED) is 0.879. The maximum absolute atomic E-state index is 12.4. The van der Waals surface area contributed by atoms with E-state index in [9.17, 15) is 4.79 Å². The summed E-state index contributed by atoms with van der Waals surface area (Å²) in [5, 5.41) is 17.6. The van der Waals surface area contributed by atoms with Gasteiger partial charge in [0.05, 0.1) is 5.69 Å². The maximum Gasteiger partial charge on any atom is 0.251 e. The van der Waals surface area contributed by atoms with E-state index in [1.807, 2.05) is 12.1 Å². The van der Waals surface area contributed by atoms with Crippen LogP contribution in [0.25, 0.3) is 5.69 Å². The number of piperidine rings is 1. The summed E-state index contributed by atoms with van der Waals surface area (Å²) in [7, 11) is 0. The molecule has 0 spiro atoms. The van der Waals surface area contributed by atoms with Crippen molar-refractivity contribution in [2.75, 3.05) is 6.54 Å². The van der Waals surface area contributed by atoms with Crippen LogP contribution in [0.2, 0.25) is 0 Å². The van der Waals surface area contributed by atoms with Crippen LogP contribution in [0.3, 0.4) is 0 Å². The first kappa shape index (κ1) is 17.4. The fraction of sp³-hybridized carbons (Fsp3) is 0.467. The molecule has 0 radical (unpaired) electrons. The molecule has 23 heavy (non-hydrogen) atoms. The average Bonchev–Trinajstić information content (AvgIpc) is 3.05. The average molecular weight is 337 g/mol. The molecule has 7 nitrogen and oxygen atoms in total. The van der Waals surface area contributed by atoms with Gasteiger partial charge in [-0.1, -0.05) is 6.92 Å². The van der Waals surface area contributed by atoms with Crippen LogP contribution in [0.4, 0.5) is 0 Å². The van der Waals surface area contributed by atoms with E-state index >= 15 is 0 Å². The number of amides is 1. The molecular formula is C15H21ClN6O. The molecule has 1 aromatic heterocycles. The van der Waals surface area contributed by atoms with Gasteiger partial charge < -0.3 is 10.6 Å². The highest BCUT2D eigenvalue weighted by Gasteiger charge is 2.28. The standard InChI is InChI=1S/C15H20N6O.ClH/c1-10-7-8-16-11(2)14(10)18-15(22)12-3-5-13(6-4-12)21-9-17-19-20-21;/h3-6,9-11,14,16H,7-8H2,1-2H3,(H,18,22);1H. The van der Waals surface area contributed by atoms with E-state index in [2.05, 4.69) is 40.0 Å². The van der Waals surface area contributed by atoms with Gasteiger partial charge in [-0.25, -0.2) is 4.68 Å². The number of aromatic nitrogens is 4. The van der Waals surface area contributed by atoms with Gasteiger partial charge in [0.2, 0.25) is 0 Å². The Morgan fingerprint density at radius 2 is 2.04 bits per heavy atom. The van der Waals surface area contributed by atoms with Crippen molar-refractivity contribution in [1.82, 2.24) is 30.8 Å². The van der Waals surface area contributed by atoms with Crippen molar-refractivity contribution in [2.24, 2.45) is 5.92 Å². The third-order valence-electron chi connectivity index (χ3n) is 4.26. The highest BCUT2D eigenvalue weighted by Crippen LogP contribution is 2.17. The van der Waals surface area contributed by atoms with E-state index in [1.165, 1.54) is 6.33 Å². The van der Waals surface area contributed by atoms with Gasteiger partial charge in [-0.05, 0) is 60.5 Å². The van der Waals surface area contributed by atoms with E-state index in [4.69, 9.17) is 0 Å². The van der Waals surface area contributed by atoms with Gasteiger partial charge in [-0.15, -0.1) is 17.5 Å². The first-order valence-corrected chi connectivity index (χ1v) is 7.53. The van der Waals surface area contributed by atoms with Crippen LogP contribution in [0.5, 0.6) is 0 Å². The number of hydrogen-bond donors (Lipinski definition) is 2. The van der Waals surface area contributed by atoms with Crippen LogP contribution >= 0.6 is 12.4 Å². The molecule has 1 fully saturated rings. The number of halogens is 1. The minimum Gasteiger partial charge on any atom is -0.347 e. The van der Waals surface area contributed by atoms with Gasteiger partial charge in [0.15, 0.2) is 0 Å². The lowest BCUT2D eigenvalue weighted by Gasteiger charge is -2.36. The van der Waals surface area contributed by atoms with E-state index in [0.29, 0.717) is 11.5 Å². The molecule has 1 aliphatic heterocycles. The minimum absolute atomic E-state index is 0. The van der Waals surface area contributed by atoms with Crippen molar-refractivity contribution >= 4 is 18.3 Å². The molecule has 3 unspecified atom stereocenters. The highest BCUT2D eigenvalue weighted by molar-refractivity contribution is 5.94. The minimum atomic E-state index is -0.0457. The highest BCUT2D eigenvalue weighted by atomic mass is 35.5. The van der Waals surface area contributed by atoms with E-state index in [0.717, 1.165) is 18.7 Å². The molecule has 0 saturated carbocycles. The second-order valence-electron chi connectivity index (χ2n) is 5.81. The number of nitrogens with zero attached hydrogens (tertiary/aromatic N) is 4. The van der Waals surface area contributed by atoms with Gasteiger partial charge in [-0.3, -0.25) is 4.79 Å². The Balaban J connectivity index is 0.00000192. The third-order valence-corrected chi connectivity index (χ3v) is 4.26. The van der Waals surface area contributed by atoms with E-state index < -0.39 is 0 Å².